The first-order chi connectivity index (χ1) is 18.7. The summed E-state index contributed by atoms with van der Waals surface area (Å²) in [4.78, 5) is 33.7. The Kier molecular flexibility index (Phi) is 11.5. The van der Waals surface area contributed by atoms with Crippen molar-refractivity contribution in [1.29, 1.82) is 0 Å². The molecule has 2 aromatic heterocycles. The van der Waals surface area contributed by atoms with Crippen LogP contribution in [0.25, 0.3) is 5.65 Å². The van der Waals surface area contributed by atoms with Crippen LogP contribution in [-0.4, -0.2) is 90.5 Å². The first-order valence-corrected chi connectivity index (χ1v) is 17.3. The molecule has 0 fully saturated rings. The van der Waals surface area contributed by atoms with E-state index in [1.807, 2.05) is 33.0 Å². The lowest BCUT2D eigenvalue weighted by Gasteiger charge is -2.37. The molecule has 0 aliphatic heterocycles. The highest BCUT2D eigenvalue weighted by molar-refractivity contribution is 6.74. The number of aromatic nitrogens is 3. The number of carbonyl (C=O) groups excluding carboxylic acids is 2. The number of alkyl carbamates (subject to hydrolysis) is 1. The van der Waals surface area contributed by atoms with E-state index < -0.39 is 31.7 Å². The predicted molar refractivity (Wildman–Crippen MR) is 165 cm³/mol. The van der Waals surface area contributed by atoms with E-state index in [-0.39, 0.29) is 18.1 Å². The zero-order chi connectivity index (χ0) is 31.2. The smallest absolute Gasteiger partial charge is 0.410 e. The second kappa shape index (κ2) is 13.6. The van der Waals surface area contributed by atoms with Crippen molar-refractivity contribution in [3.8, 4) is 0 Å². The highest BCUT2D eigenvalue weighted by atomic mass is 35.5. The zero-order valence-corrected chi connectivity index (χ0v) is 28.4. The van der Waals surface area contributed by atoms with Crippen LogP contribution < -0.4 is 10.2 Å². The largest absolute Gasteiger partial charge is 0.444 e. The molecule has 2 aromatic rings. The van der Waals surface area contributed by atoms with E-state index in [0.29, 0.717) is 42.7 Å². The summed E-state index contributed by atoms with van der Waals surface area (Å²) in [5.41, 5.74) is -0.741. The summed E-state index contributed by atoms with van der Waals surface area (Å²) in [5.74, 6) is 0.690. The van der Waals surface area contributed by atoms with Gasteiger partial charge in [0.25, 0.3) is 0 Å². The molecule has 13 heteroatoms. The predicted octanol–water partition coefficient (Wildman–Crippen LogP) is 5.97. The Morgan fingerprint density at radius 3 is 2.20 bits per heavy atom. The van der Waals surface area contributed by atoms with Crippen LogP contribution in [0.4, 0.5) is 15.4 Å². The van der Waals surface area contributed by atoms with E-state index in [0.717, 1.165) is 0 Å². The van der Waals surface area contributed by atoms with Gasteiger partial charge < -0.3 is 29.0 Å². The third-order valence-electron chi connectivity index (χ3n) is 6.61. The van der Waals surface area contributed by atoms with Crippen LogP contribution in [0.3, 0.4) is 0 Å². The number of anilines is 1. The van der Waals surface area contributed by atoms with Gasteiger partial charge in [0.1, 0.15) is 22.0 Å². The first-order valence-electron chi connectivity index (χ1n) is 14.0. The number of ether oxygens (including phenoxy) is 2. The molecule has 2 amide bonds. The second-order valence-corrected chi connectivity index (χ2v) is 18.8. The minimum atomic E-state index is -1.97. The van der Waals surface area contributed by atoms with Crippen molar-refractivity contribution in [2.24, 2.45) is 0 Å². The van der Waals surface area contributed by atoms with Crippen molar-refractivity contribution in [3.05, 3.63) is 23.5 Å². The Morgan fingerprint density at radius 1 is 0.976 bits per heavy atom. The van der Waals surface area contributed by atoms with Crippen LogP contribution in [0.2, 0.25) is 23.2 Å². The topological polar surface area (TPSA) is 111 Å². The molecular formula is C28H49ClN6O5Si. The molecule has 232 valence electrons. The summed E-state index contributed by atoms with van der Waals surface area (Å²) >= 11 is 6.32. The fraction of sp³-hybridized carbons (Fsp3) is 0.714. The van der Waals surface area contributed by atoms with E-state index in [2.05, 4.69) is 49.2 Å². The molecule has 0 atom stereocenters. The lowest BCUT2D eigenvalue weighted by atomic mass is 10.2. The van der Waals surface area contributed by atoms with Gasteiger partial charge >= 0.3 is 12.2 Å². The molecular weight excluding hydrogens is 564 g/mol. The minimum Gasteiger partial charge on any atom is -0.444 e. The molecule has 0 saturated carbocycles. The average Bonchev–Trinajstić information content (AvgIpc) is 3.16. The average molecular weight is 613 g/mol. The standard InChI is InChI=1S/C28H49ClN6O5Si/c1-26(2,3)39-24(36)30-13-15-34(25(37)40-27(4,5)6)17-16-33(18-19-38-41(10,11)28(7,8)9)22-12-14-35-23(32-22)21(29)20-31-35/h12,14,20H,13,15-19H2,1-11H3,(H,30,36). The maximum Gasteiger partial charge on any atom is 0.410 e. The molecule has 11 nitrogen and oxygen atoms in total. The van der Waals surface area contributed by atoms with Gasteiger partial charge in [-0.3, -0.25) is 0 Å². The molecule has 2 rings (SSSR count). The van der Waals surface area contributed by atoms with Crippen LogP contribution in [0, 0.1) is 0 Å². The summed E-state index contributed by atoms with van der Waals surface area (Å²) in [6.07, 6.45) is 2.35. The van der Waals surface area contributed by atoms with Crippen molar-refractivity contribution in [2.75, 3.05) is 44.2 Å². The van der Waals surface area contributed by atoms with Gasteiger partial charge in [0.2, 0.25) is 0 Å². The maximum absolute atomic E-state index is 13.1. The van der Waals surface area contributed by atoms with Gasteiger partial charge in [0.15, 0.2) is 14.0 Å². The number of hydrogen-bond donors (Lipinski definition) is 1. The molecule has 0 aliphatic carbocycles. The lowest BCUT2D eigenvalue weighted by Crippen LogP contribution is -2.46. The van der Waals surface area contributed by atoms with Crippen molar-refractivity contribution < 1.29 is 23.5 Å². The molecule has 0 aromatic carbocycles. The third-order valence-corrected chi connectivity index (χ3v) is 11.4. The SMILES string of the molecule is CC(C)(C)OC(=O)NCCN(CCN(CCO[Si](C)(C)C(C)(C)C)c1ccn2ncc(Cl)c2n1)C(=O)OC(C)(C)C. The summed E-state index contributed by atoms with van der Waals surface area (Å²) in [5, 5.41) is 7.46. The number of nitrogens with one attached hydrogen (secondary N) is 1. The first kappa shape index (κ1) is 34.6. The summed E-state index contributed by atoms with van der Waals surface area (Å²) < 4.78 is 19.1. The van der Waals surface area contributed by atoms with Gasteiger partial charge in [-0.05, 0) is 65.7 Å². The molecule has 0 aliphatic rings. The number of halogens is 1. The molecule has 0 saturated heterocycles. The number of carbonyl (C=O) groups is 2. The Labute approximate surface area is 251 Å². The van der Waals surface area contributed by atoms with E-state index in [1.54, 1.807) is 36.4 Å². The van der Waals surface area contributed by atoms with E-state index in [9.17, 15) is 9.59 Å². The monoisotopic (exact) mass is 612 g/mol. The van der Waals surface area contributed by atoms with Gasteiger partial charge in [-0.1, -0.05) is 32.4 Å². The Balaban J connectivity index is 2.22. The highest BCUT2D eigenvalue weighted by Gasteiger charge is 2.37. The molecule has 0 bridgehead atoms. The van der Waals surface area contributed by atoms with Gasteiger partial charge in [-0.15, -0.1) is 0 Å². The normalized spacial score (nSPS) is 12.8. The quantitative estimate of drug-likeness (QED) is 0.309. The summed E-state index contributed by atoms with van der Waals surface area (Å²) in [7, 11) is -1.97. The number of amides is 2. The van der Waals surface area contributed by atoms with Crippen molar-refractivity contribution in [1.82, 2.24) is 24.8 Å². The van der Waals surface area contributed by atoms with Crippen molar-refractivity contribution >= 4 is 43.6 Å². The second-order valence-electron chi connectivity index (χ2n) is 13.5. The fourth-order valence-corrected chi connectivity index (χ4v) is 4.65. The van der Waals surface area contributed by atoms with Gasteiger partial charge in [0.05, 0.1) is 12.8 Å². The van der Waals surface area contributed by atoms with E-state index in [1.165, 1.54) is 0 Å². The Morgan fingerprint density at radius 2 is 1.61 bits per heavy atom. The summed E-state index contributed by atoms with van der Waals surface area (Å²) in [6.45, 7) is 24.2. The minimum absolute atomic E-state index is 0.0781. The number of nitrogens with zero attached hydrogens (tertiary/aromatic N) is 5. The van der Waals surface area contributed by atoms with Crippen LogP contribution >= 0.6 is 11.6 Å². The van der Waals surface area contributed by atoms with Gasteiger partial charge in [0, 0.05) is 38.9 Å². The van der Waals surface area contributed by atoms with Crippen molar-refractivity contribution in [3.63, 3.8) is 0 Å². The van der Waals surface area contributed by atoms with Crippen LogP contribution in [0.1, 0.15) is 62.3 Å². The Bertz CT molecular complexity index is 1170. The maximum atomic E-state index is 13.1. The Hall–Kier alpha value is -2.57. The lowest BCUT2D eigenvalue weighted by molar-refractivity contribution is 0.0245. The number of fused-ring (bicyclic) bond motifs is 1. The van der Waals surface area contributed by atoms with E-state index in [4.69, 9.17) is 30.5 Å². The van der Waals surface area contributed by atoms with Gasteiger partial charge in [-0.25, -0.2) is 19.1 Å². The van der Waals surface area contributed by atoms with Crippen molar-refractivity contribution in [2.45, 2.75) is 91.6 Å². The van der Waals surface area contributed by atoms with E-state index >= 15 is 0 Å². The molecule has 41 heavy (non-hydrogen) atoms. The van der Waals surface area contributed by atoms with Crippen LogP contribution in [-0.2, 0) is 13.9 Å². The van der Waals surface area contributed by atoms with Crippen LogP contribution in [0.5, 0.6) is 0 Å². The molecule has 2 heterocycles. The fourth-order valence-electron chi connectivity index (χ4n) is 3.45. The highest BCUT2D eigenvalue weighted by Crippen LogP contribution is 2.36. The molecule has 0 spiro atoms. The summed E-state index contributed by atoms with van der Waals surface area (Å²) in [6, 6.07) is 1.87. The zero-order valence-electron chi connectivity index (χ0n) is 26.6. The molecule has 0 radical (unpaired) electrons. The van der Waals surface area contributed by atoms with Crippen LogP contribution in [0.15, 0.2) is 18.5 Å². The van der Waals surface area contributed by atoms with Gasteiger partial charge in [-0.2, -0.15) is 5.10 Å². The number of rotatable bonds is 11. The third kappa shape index (κ3) is 11.3. The number of hydrogen-bond acceptors (Lipinski definition) is 8. The molecule has 1 N–H and O–H groups in total. The molecule has 0 unspecified atom stereocenters.